The second-order valence-electron chi connectivity index (χ2n) is 6.52. The van der Waals surface area contributed by atoms with Crippen molar-refractivity contribution in [3.63, 3.8) is 0 Å². The van der Waals surface area contributed by atoms with Crippen molar-refractivity contribution in [2.24, 2.45) is 5.92 Å². The van der Waals surface area contributed by atoms with Crippen LogP contribution in [0.15, 0.2) is 36.4 Å². The highest BCUT2D eigenvalue weighted by atomic mass is 16.2. The van der Waals surface area contributed by atoms with Crippen molar-refractivity contribution in [1.29, 1.82) is 0 Å². The highest BCUT2D eigenvalue weighted by Crippen LogP contribution is 2.24. The van der Waals surface area contributed by atoms with Crippen LogP contribution in [0.5, 0.6) is 0 Å². The maximum absolute atomic E-state index is 11.8. The Morgan fingerprint density at radius 2 is 2.09 bits per heavy atom. The van der Waals surface area contributed by atoms with Gasteiger partial charge in [-0.3, -0.25) is 4.79 Å². The Kier molecular flexibility index (Phi) is 4.94. The van der Waals surface area contributed by atoms with E-state index in [0.717, 1.165) is 31.1 Å². The van der Waals surface area contributed by atoms with Crippen LogP contribution in [0.1, 0.15) is 50.6 Å². The molecule has 2 atom stereocenters. The average molecular weight is 298 g/mol. The number of rotatable bonds is 5. The quantitative estimate of drug-likeness (QED) is 0.838. The van der Waals surface area contributed by atoms with Crippen LogP contribution in [-0.4, -0.2) is 19.0 Å². The van der Waals surface area contributed by atoms with Crippen LogP contribution in [0.4, 0.5) is 5.69 Å². The van der Waals surface area contributed by atoms with Crippen molar-refractivity contribution >= 4 is 11.6 Å². The normalized spacial score (nSPS) is 23.0. The van der Waals surface area contributed by atoms with Crippen LogP contribution >= 0.6 is 0 Å². The third-order valence-electron chi connectivity index (χ3n) is 4.87. The smallest absolute Gasteiger partial charge is 0.227 e. The molecule has 1 amide bonds. The molecule has 0 aromatic heterocycles. The van der Waals surface area contributed by atoms with E-state index in [4.69, 9.17) is 0 Å². The minimum absolute atomic E-state index is 0.254. The highest BCUT2D eigenvalue weighted by molar-refractivity contribution is 5.95. The van der Waals surface area contributed by atoms with E-state index in [2.05, 4.69) is 48.7 Å². The second-order valence-corrected chi connectivity index (χ2v) is 6.52. The molecular weight excluding hydrogens is 272 g/mol. The summed E-state index contributed by atoms with van der Waals surface area (Å²) in [6, 6.07) is 8.83. The third-order valence-corrected chi connectivity index (χ3v) is 4.87. The van der Waals surface area contributed by atoms with E-state index < -0.39 is 0 Å². The van der Waals surface area contributed by atoms with E-state index in [1.807, 2.05) is 4.90 Å². The van der Waals surface area contributed by atoms with Crippen LogP contribution in [-0.2, 0) is 4.79 Å². The Balaban J connectivity index is 1.55. The summed E-state index contributed by atoms with van der Waals surface area (Å²) in [6.07, 6.45) is 9.99. The van der Waals surface area contributed by atoms with E-state index in [-0.39, 0.29) is 5.91 Å². The van der Waals surface area contributed by atoms with E-state index in [9.17, 15) is 4.79 Å². The van der Waals surface area contributed by atoms with Crippen LogP contribution in [0.2, 0.25) is 0 Å². The van der Waals surface area contributed by atoms with Crippen LogP contribution < -0.4 is 10.2 Å². The van der Waals surface area contributed by atoms with Crippen LogP contribution in [0.3, 0.4) is 0 Å². The molecule has 3 nitrogen and oxygen atoms in total. The van der Waals surface area contributed by atoms with E-state index in [1.54, 1.807) is 0 Å². The number of amides is 1. The molecule has 0 radical (unpaired) electrons. The van der Waals surface area contributed by atoms with E-state index in [1.165, 1.54) is 24.8 Å². The summed E-state index contributed by atoms with van der Waals surface area (Å²) in [7, 11) is 0. The molecule has 1 heterocycles. The van der Waals surface area contributed by atoms with E-state index in [0.29, 0.717) is 12.5 Å². The Bertz CT molecular complexity index is 535. The molecule has 1 aromatic carbocycles. The first kappa shape index (κ1) is 15.3. The van der Waals surface area contributed by atoms with Crippen molar-refractivity contribution in [2.45, 2.75) is 45.1 Å². The van der Waals surface area contributed by atoms with Gasteiger partial charge in [0, 0.05) is 24.7 Å². The summed E-state index contributed by atoms with van der Waals surface area (Å²) in [4.78, 5) is 13.7. The van der Waals surface area contributed by atoms with Gasteiger partial charge >= 0.3 is 0 Å². The first-order chi connectivity index (χ1) is 10.7. The molecule has 0 saturated carbocycles. The summed E-state index contributed by atoms with van der Waals surface area (Å²) < 4.78 is 0. The Morgan fingerprint density at radius 3 is 2.73 bits per heavy atom. The number of benzene rings is 1. The van der Waals surface area contributed by atoms with Gasteiger partial charge in [-0.1, -0.05) is 24.3 Å². The summed E-state index contributed by atoms with van der Waals surface area (Å²) in [6.45, 7) is 4.16. The van der Waals surface area contributed by atoms with Crippen molar-refractivity contribution in [3.8, 4) is 0 Å². The fourth-order valence-electron chi connectivity index (χ4n) is 3.37. The van der Waals surface area contributed by atoms with Gasteiger partial charge in [-0.05, 0) is 62.8 Å². The number of nitrogens with one attached hydrogen (secondary N) is 1. The van der Waals surface area contributed by atoms with Gasteiger partial charge in [-0.2, -0.15) is 0 Å². The summed E-state index contributed by atoms with van der Waals surface area (Å²) >= 11 is 0. The Hall–Kier alpha value is -1.61. The molecule has 1 N–H and O–H groups in total. The molecule has 1 fully saturated rings. The first-order valence-corrected chi connectivity index (χ1v) is 8.53. The molecule has 0 bridgehead atoms. The Labute approximate surface area is 133 Å². The van der Waals surface area contributed by atoms with Crippen molar-refractivity contribution in [2.75, 3.05) is 18.0 Å². The predicted molar refractivity (Wildman–Crippen MR) is 90.9 cm³/mol. The molecule has 2 aliphatic rings. The molecule has 1 saturated heterocycles. The predicted octanol–water partition coefficient (Wildman–Crippen LogP) is 3.82. The molecule has 0 unspecified atom stereocenters. The molecule has 22 heavy (non-hydrogen) atoms. The number of hydrogen-bond acceptors (Lipinski definition) is 2. The second kappa shape index (κ2) is 7.10. The highest BCUT2D eigenvalue weighted by Gasteiger charge is 2.21. The molecule has 3 heteroatoms. The monoisotopic (exact) mass is 298 g/mol. The number of carbonyl (C=O) groups excluding carboxylic acids is 1. The van der Waals surface area contributed by atoms with Gasteiger partial charge in [-0.25, -0.2) is 0 Å². The van der Waals surface area contributed by atoms with Gasteiger partial charge in [0.05, 0.1) is 0 Å². The number of anilines is 1. The fraction of sp³-hybridized carbons (Fsp3) is 0.526. The van der Waals surface area contributed by atoms with Crippen LogP contribution in [0.25, 0.3) is 0 Å². The standard InChI is InChI=1S/C19H26N2O/c1-15(20-14-16-6-3-2-4-7-16)17-9-11-18(12-10-17)21-13-5-8-19(21)22/h2-3,9-12,15-16,20H,4-8,13-14H2,1H3/t15-,16+/m1/s1. The van der Waals surface area contributed by atoms with Crippen molar-refractivity contribution in [3.05, 3.63) is 42.0 Å². The maximum atomic E-state index is 11.8. The topological polar surface area (TPSA) is 32.3 Å². The molecule has 1 aromatic rings. The lowest BCUT2D eigenvalue weighted by molar-refractivity contribution is -0.117. The van der Waals surface area contributed by atoms with Crippen molar-refractivity contribution in [1.82, 2.24) is 5.32 Å². The van der Waals surface area contributed by atoms with Crippen molar-refractivity contribution < 1.29 is 4.79 Å². The minimum atomic E-state index is 0.254. The zero-order valence-corrected chi connectivity index (χ0v) is 13.4. The molecule has 1 aliphatic carbocycles. The lowest BCUT2D eigenvalue weighted by atomic mass is 9.94. The lowest BCUT2D eigenvalue weighted by Gasteiger charge is -2.22. The first-order valence-electron chi connectivity index (χ1n) is 8.53. The summed E-state index contributed by atoms with van der Waals surface area (Å²) in [5.74, 6) is 1.03. The zero-order valence-electron chi connectivity index (χ0n) is 13.4. The number of nitrogens with zero attached hydrogens (tertiary/aromatic N) is 1. The minimum Gasteiger partial charge on any atom is -0.312 e. The SMILES string of the molecule is C[C@@H](NC[C@H]1CC=CCC1)c1ccc(N2CCCC2=O)cc1. The average Bonchev–Trinajstić information content (AvgIpc) is 3.00. The van der Waals surface area contributed by atoms with Gasteiger partial charge in [0.25, 0.3) is 0 Å². The fourth-order valence-corrected chi connectivity index (χ4v) is 3.37. The zero-order chi connectivity index (χ0) is 15.4. The number of carbonyl (C=O) groups is 1. The molecule has 1 aliphatic heterocycles. The molecule has 118 valence electrons. The maximum Gasteiger partial charge on any atom is 0.227 e. The molecule has 0 spiro atoms. The van der Waals surface area contributed by atoms with Gasteiger partial charge < -0.3 is 10.2 Å². The molecule has 3 rings (SSSR count). The van der Waals surface area contributed by atoms with Gasteiger partial charge in [0.1, 0.15) is 0 Å². The number of hydrogen-bond donors (Lipinski definition) is 1. The largest absolute Gasteiger partial charge is 0.312 e. The summed E-state index contributed by atoms with van der Waals surface area (Å²) in [5.41, 5.74) is 2.33. The molecular formula is C19H26N2O. The van der Waals surface area contributed by atoms with Gasteiger partial charge in [0.15, 0.2) is 0 Å². The Morgan fingerprint density at radius 1 is 1.27 bits per heavy atom. The summed E-state index contributed by atoms with van der Waals surface area (Å²) in [5, 5.41) is 3.65. The number of allylic oxidation sites excluding steroid dienone is 2. The van der Waals surface area contributed by atoms with Gasteiger partial charge in [0.2, 0.25) is 5.91 Å². The lowest BCUT2D eigenvalue weighted by Crippen LogP contribution is -2.26. The third kappa shape index (κ3) is 3.58. The van der Waals surface area contributed by atoms with Gasteiger partial charge in [-0.15, -0.1) is 0 Å². The van der Waals surface area contributed by atoms with Crippen LogP contribution in [0, 0.1) is 5.92 Å². The van der Waals surface area contributed by atoms with E-state index >= 15 is 0 Å².